The highest BCUT2D eigenvalue weighted by Crippen LogP contribution is 2.06. The lowest BCUT2D eigenvalue weighted by molar-refractivity contribution is -0.138. The molecule has 196 valence electrons. The Labute approximate surface area is 201 Å². The molecule has 13 nitrogen and oxygen atoms in total. The van der Waals surface area contributed by atoms with Crippen LogP contribution in [0.1, 0.15) is 52.9 Å². The van der Waals surface area contributed by atoms with Crippen LogP contribution in [-0.4, -0.2) is 79.1 Å². The van der Waals surface area contributed by atoms with Gasteiger partial charge in [0, 0.05) is 12.6 Å². The SMILES string of the molecule is CC(C)C(C)NC(CCCN=C(N)N)C(=O)NCC(=O)NC(CCCCN)C(=O)NCC(=O)O. The summed E-state index contributed by atoms with van der Waals surface area (Å²) in [5.41, 5.74) is 16.1. The second-order valence-corrected chi connectivity index (χ2v) is 8.43. The summed E-state index contributed by atoms with van der Waals surface area (Å²) >= 11 is 0. The number of amides is 3. The molecule has 0 aromatic rings. The highest BCUT2D eigenvalue weighted by molar-refractivity contribution is 5.92. The van der Waals surface area contributed by atoms with Crippen molar-refractivity contribution in [1.82, 2.24) is 21.3 Å². The molecule has 0 aromatic heterocycles. The van der Waals surface area contributed by atoms with E-state index in [0.717, 1.165) is 0 Å². The maximum Gasteiger partial charge on any atom is 0.322 e. The van der Waals surface area contributed by atoms with Gasteiger partial charge in [-0.1, -0.05) is 13.8 Å². The van der Waals surface area contributed by atoms with E-state index in [4.69, 9.17) is 22.3 Å². The van der Waals surface area contributed by atoms with E-state index < -0.39 is 36.4 Å². The second-order valence-electron chi connectivity index (χ2n) is 8.43. The third kappa shape index (κ3) is 15.0. The minimum Gasteiger partial charge on any atom is -0.480 e. The molecular weight excluding hydrogens is 444 g/mol. The number of hydrogen-bond donors (Lipinski definition) is 8. The molecule has 34 heavy (non-hydrogen) atoms. The molecule has 0 saturated heterocycles. The predicted molar refractivity (Wildman–Crippen MR) is 130 cm³/mol. The number of nitrogens with two attached hydrogens (primary N) is 3. The second kappa shape index (κ2) is 17.5. The van der Waals surface area contributed by atoms with E-state index in [1.54, 1.807) is 0 Å². The average molecular weight is 487 g/mol. The zero-order chi connectivity index (χ0) is 26.1. The van der Waals surface area contributed by atoms with E-state index in [-0.39, 0.29) is 30.4 Å². The molecule has 0 fully saturated rings. The van der Waals surface area contributed by atoms with E-state index in [2.05, 4.69) is 26.3 Å². The largest absolute Gasteiger partial charge is 0.480 e. The molecule has 3 atom stereocenters. The van der Waals surface area contributed by atoms with Crippen LogP contribution >= 0.6 is 0 Å². The summed E-state index contributed by atoms with van der Waals surface area (Å²) < 4.78 is 0. The first-order chi connectivity index (χ1) is 16.0. The molecule has 0 aliphatic heterocycles. The molecule has 0 aliphatic carbocycles. The molecular formula is C21H42N8O5. The summed E-state index contributed by atoms with van der Waals surface area (Å²) in [6.45, 7) is 5.94. The van der Waals surface area contributed by atoms with Gasteiger partial charge in [-0.2, -0.15) is 0 Å². The molecule has 0 rings (SSSR count). The molecule has 3 amide bonds. The van der Waals surface area contributed by atoms with Gasteiger partial charge in [0.05, 0.1) is 12.6 Å². The average Bonchev–Trinajstić information content (AvgIpc) is 2.76. The Hall–Kier alpha value is -2.93. The Bertz CT molecular complexity index is 682. The van der Waals surface area contributed by atoms with Gasteiger partial charge in [-0.05, 0) is 51.5 Å². The van der Waals surface area contributed by atoms with E-state index in [1.165, 1.54) is 0 Å². The standard InChI is InChI=1S/C21H42N8O5/c1-13(2)14(3)28-15(8-6-10-25-21(23)24)19(33)26-11-17(30)29-16(7-4-5-9-22)20(34)27-12-18(31)32/h13-16,28H,4-12,22H2,1-3H3,(H,26,33)(H,27,34)(H,29,30)(H,31,32)(H4,23,24,25). The molecule has 0 heterocycles. The summed E-state index contributed by atoms with van der Waals surface area (Å²) in [5, 5.41) is 19.4. The molecule has 0 spiro atoms. The normalized spacial score (nSPS) is 13.4. The molecule has 0 radical (unpaired) electrons. The van der Waals surface area contributed by atoms with Gasteiger partial charge in [0.15, 0.2) is 5.96 Å². The van der Waals surface area contributed by atoms with Crippen molar-refractivity contribution in [2.75, 3.05) is 26.2 Å². The number of aliphatic imine (C=N–C) groups is 1. The fraction of sp³-hybridized carbons (Fsp3) is 0.762. The summed E-state index contributed by atoms with van der Waals surface area (Å²) in [7, 11) is 0. The van der Waals surface area contributed by atoms with Crippen LogP contribution in [0.4, 0.5) is 0 Å². The van der Waals surface area contributed by atoms with Gasteiger partial charge in [-0.15, -0.1) is 0 Å². The Morgan fingerprint density at radius 3 is 2.03 bits per heavy atom. The van der Waals surface area contributed by atoms with Crippen molar-refractivity contribution < 1.29 is 24.3 Å². The van der Waals surface area contributed by atoms with Gasteiger partial charge >= 0.3 is 5.97 Å². The van der Waals surface area contributed by atoms with E-state index in [0.29, 0.717) is 45.2 Å². The van der Waals surface area contributed by atoms with Gasteiger partial charge in [-0.25, -0.2) is 0 Å². The van der Waals surface area contributed by atoms with Gasteiger partial charge in [-0.3, -0.25) is 24.2 Å². The Kier molecular flexibility index (Phi) is 16.0. The number of nitrogens with zero attached hydrogens (tertiary/aromatic N) is 1. The number of carboxylic acid groups (broad SMARTS) is 1. The number of carbonyl (C=O) groups is 4. The van der Waals surface area contributed by atoms with E-state index in [9.17, 15) is 19.2 Å². The predicted octanol–water partition coefficient (Wildman–Crippen LogP) is -2.03. The summed E-state index contributed by atoms with van der Waals surface area (Å²) in [5.74, 6) is -2.45. The minimum atomic E-state index is -1.19. The third-order valence-electron chi connectivity index (χ3n) is 5.16. The Morgan fingerprint density at radius 1 is 0.882 bits per heavy atom. The van der Waals surface area contributed by atoms with Crippen LogP contribution in [0.3, 0.4) is 0 Å². The van der Waals surface area contributed by atoms with Gasteiger partial charge < -0.3 is 43.6 Å². The number of unbranched alkanes of at least 4 members (excludes halogenated alkanes) is 1. The first kappa shape index (κ1) is 31.1. The van der Waals surface area contributed by atoms with E-state index >= 15 is 0 Å². The van der Waals surface area contributed by atoms with Crippen LogP contribution in [0.2, 0.25) is 0 Å². The third-order valence-corrected chi connectivity index (χ3v) is 5.16. The van der Waals surface area contributed by atoms with Crippen LogP contribution in [0.25, 0.3) is 0 Å². The minimum absolute atomic E-state index is 0.0189. The lowest BCUT2D eigenvalue weighted by Gasteiger charge is -2.25. The van der Waals surface area contributed by atoms with Gasteiger partial charge in [0.25, 0.3) is 0 Å². The summed E-state index contributed by atoms with van der Waals surface area (Å²) in [4.78, 5) is 52.0. The number of carbonyl (C=O) groups excluding carboxylic acids is 3. The molecule has 0 saturated carbocycles. The van der Waals surface area contributed by atoms with Crippen LogP contribution in [0.5, 0.6) is 0 Å². The zero-order valence-corrected chi connectivity index (χ0v) is 20.4. The monoisotopic (exact) mass is 486 g/mol. The highest BCUT2D eigenvalue weighted by atomic mass is 16.4. The van der Waals surface area contributed by atoms with Crippen molar-refractivity contribution in [3.63, 3.8) is 0 Å². The molecule has 0 bridgehead atoms. The molecule has 3 unspecified atom stereocenters. The lowest BCUT2D eigenvalue weighted by Crippen LogP contribution is -2.53. The number of hydrogen-bond acceptors (Lipinski definition) is 7. The summed E-state index contributed by atoms with van der Waals surface area (Å²) in [6.07, 6.45) is 2.54. The zero-order valence-electron chi connectivity index (χ0n) is 20.4. The topological polar surface area (TPSA) is 227 Å². The first-order valence-corrected chi connectivity index (χ1v) is 11.6. The van der Waals surface area contributed by atoms with Gasteiger partial charge in [0.1, 0.15) is 12.6 Å². The number of guanidine groups is 1. The number of nitrogens with one attached hydrogen (secondary N) is 4. The van der Waals surface area contributed by atoms with Crippen molar-refractivity contribution in [1.29, 1.82) is 0 Å². The van der Waals surface area contributed by atoms with Crippen LogP contribution < -0.4 is 38.5 Å². The van der Waals surface area contributed by atoms with Crippen molar-refractivity contribution in [2.45, 2.75) is 71.0 Å². The summed E-state index contributed by atoms with van der Waals surface area (Å²) in [6, 6.07) is -1.43. The maximum atomic E-state index is 12.7. The molecule has 13 heteroatoms. The first-order valence-electron chi connectivity index (χ1n) is 11.6. The van der Waals surface area contributed by atoms with Crippen LogP contribution in [0, 0.1) is 5.92 Å². The highest BCUT2D eigenvalue weighted by Gasteiger charge is 2.24. The smallest absolute Gasteiger partial charge is 0.322 e. The fourth-order valence-electron chi connectivity index (χ4n) is 2.89. The van der Waals surface area contributed by atoms with Crippen molar-refractivity contribution in [3.8, 4) is 0 Å². The van der Waals surface area contributed by atoms with E-state index in [1.807, 2.05) is 20.8 Å². The lowest BCUT2D eigenvalue weighted by atomic mass is 10.0. The number of rotatable bonds is 18. The van der Waals surface area contributed by atoms with Crippen molar-refractivity contribution >= 4 is 29.7 Å². The maximum absolute atomic E-state index is 12.7. The Morgan fingerprint density at radius 2 is 1.47 bits per heavy atom. The van der Waals surface area contributed by atoms with Gasteiger partial charge in [0.2, 0.25) is 17.7 Å². The molecule has 0 aromatic carbocycles. The van der Waals surface area contributed by atoms with Crippen molar-refractivity contribution in [2.24, 2.45) is 28.1 Å². The molecule has 0 aliphatic rings. The van der Waals surface area contributed by atoms with Crippen LogP contribution in [-0.2, 0) is 19.2 Å². The molecule has 11 N–H and O–H groups in total. The van der Waals surface area contributed by atoms with Crippen molar-refractivity contribution in [3.05, 3.63) is 0 Å². The quantitative estimate of drug-likeness (QED) is 0.0606. The number of carboxylic acids is 1. The Balaban J connectivity index is 4.94. The fourth-order valence-corrected chi connectivity index (χ4v) is 2.89. The van der Waals surface area contributed by atoms with Crippen LogP contribution in [0.15, 0.2) is 4.99 Å². The number of aliphatic carboxylic acids is 1.